The predicted molar refractivity (Wildman–Crippen MR) is 97.2 cm³/mol. The summed E-state index contributed by atoms with van der Waals surface area (Å²) in [7, 11) is 0. The van der Waals surface area contributed by atoms with Crippen LogP contribution in [0.15, 0.2) is 57.9 Å². The average molecular weight is 386 g/mol. The number of nitrogens with zero attached hydrogens (tertiary/aromatic N) is 3. The van der Waals surface area contributed by atoms with Gasteiger partial charge in [0.05, 0.1) is 11.2 Å². The van der Waals surface area contributed by atoms with Gasteiger partial charge in [-0.2, -0.15) is 9.49 Å². The van der Waals surface area contributed by atoms with Crippen molar-refractivity contribution in [1.29, 1.82) is 0 Å². The molecular formula is C18H15FN4O5. The Morgan fingerprint density at radius 1 is 1.29 bits per heavy atom. The number of carbonyl (C=O) groups is 1. The van der Waals surface area contributed by atoms with Crippen molar-refractivity contribution in [3.63, 3.8) is 0 Å². The van der Waals surface area contributed by atoms with Crippen molar-refractivity contribution in [3.05, 3.63) is 75.0 Å². The van der Waals surface area contributed by atoms with Crippen molar-refractivity contribution in [2.24, 2.45) is 0 Å². The Labute approximate surface area is 157 Å². The molecule has 144 valence electrons. The zero-order valence-corrected chi connectivity index (χ0v) is 14.9. The van der Waals surface area contributed by atoms with Crippen molar-refractivity contribution in [2.75, 3.05) is 5.32 Å². The van der Waals surface area contributed by atoms with E-state index in [1.165, 1.54) is 38.3 Å². The van der Waals surface area contributed by atoms with Gasteiger partial charge in [0.2, 0.25) is 5.82 Å². The van der Waals surface area contributed by atoms with Gasteiger partial charge >= 0.3 is 5.69 Å². The number of aromatic nitrogens is 2. The lowest BCUT2D eigenvalue weighted by molar-refractivity contribution is -0.387. The average Bonchev–Trinajstić information content (AvgIpc) is 3.18. The zero-order valence-electron chi connectivity index (χ0n) is 14.9. The minimum atomic E-state index is -1.46. The topological polar surface area (TPSA) is 120 Å². The summed E-state index contributed by atoms with van der Waals surface area (Å²) in [5, 5.41) is 17.5. The minimum Gasteiger partial charge on any atom is -0.463 e. The Kier molecular flexibility index (Phi) is 4.78. The van der Waals surface area contributed by atoms with E-state index in [2.05, 4.69) is 10.4 Å². The van der Waals surface area contributed by atoms with E-state index in [0.29, 0.717) is 11.5 Å². The van der Waals surface area contributed by atoms with E-state index in [9.17, 15) is 24.1 Å². The molecule has 1 amide bonds. The molecule has 0 atom stereocenters. The number of anilines is 1. The lowest BCUT2D eigenvalue weighted by Crippen LogP contribution is -2.47. The van der Waals surface area contributed by atoms with Gasteiger partial charge in [-0.3, -0.25) is 19.7 Å². The van der Waals surface area contributed by atoms with Crippen LogP contribution in [0.4, 0.5) is 15.8 Å². The van der Waals surface area contributed by atoms with Crippen LogP contribution in [-0.2, 0) is 10.3 Å². The first-order chi connectivity index (χ1) is 13.2. The number of nitro groups is 1. The molecule has 3 aromatic rings. The van der Waals surface area contributed by atoms with Crippen LogP contribution in [-0.4, -0.2) is 20.6 Å². The van der Waals surface area contributed by atoms with Gasteiger partial charge in [0, 0.05) is 17.8 Å². The van der Waals surface area contributed by atoms with Crippen LogP contribution in [0.3, 0.4) is 0 Å². The van der Waals surface area contributed by atoms with E-state index < -0.39 is 33.4 Å². The van der Waals surface area contributed by atoms with E-state index >= 15 is 0 Å². The van der Waals surface area contributed by atoms with Crippen LogP contribution in [0, 0.1) is 15.9 Å². The van der Waals surface area contributed by atoms with Crippen LogP contribution in [0.1, 0.15) is 13.8 Å². The minimum absolute atomic E-state index is 0.0152. The number of nitro benzene ring substituents is 1. The normalized spacial score (nSPS) is 11.2. The monoisotopic (exact) mass is 386 g/mol. The molecule has 2 aromatic heterocycles. The molecule has 2 heterocycles. The van der Waals surface area contributed by atoms with E-state index in [4.69, 9.17) is 4.42 Å². The number of benzene rings is 1. The lowest BCUT2D eigenvalue weighted by Gasteiger charge is -2.25. The van der Waals surface area contributed by atoms with Crippen LogP contribution >= 0.6 is 0 Å². The molecule has 0 bridgehead atoms. The molecule has 1 aromatic carbocycles. The van der Waals surface area contributed by atoms with Crippen LogP contribution in [0.25, 0.3) is 11.5 Å². The number of hydrogen-bond acceptors (Lipinski definition) is 6. The molecule has 0 aliphatic rings. The maximum atomic E-state index is 13.5. The summed E-state index contributed by atoms with van der Waals surface area (Å²) in [6, 6.07) is 9.00. The molecular weight excluding hydrogens is 371 g/mol. The molecule has 0 aliphatic heterocycles. The van der Waals surface area contributed by atoms with Gasteiger partial charge in [-0.05, 0) is 44.2 Å². The van der Waals surface area contributed by atoms with Crippen molar-refractivity contribution in [1.82, 2.24) is 9.78 Å². The molecule has 0 aliphatic carbocycles. The van der Waals surface area contributed by atoms with Gasteiger partial charge in [0.25, 0.3) is 11.5 Å². The van der Waals surface area contributed by atoms with Crippen molar-refractivity contribution >= 4 is 17.3 Å². The second-order valence-corrected chi connectivity index (χ2v) is 6.38. The molecule has 0 spiro atoms. The second kappa shape index (κ2) is 7.06. The van der Waals surface area contributed by atoms with E-state index in [0.717, 1.165) is 16.8 Å². The summed E-state index contributed by atoms with van der Waals surface area (Å²) < 4.78 is 19.7. The first kappa shape index (κ1) is 19.0. The first-order valence-corrected chi connectivity index (χ1v) is 8.10. The number of hydrogen-bond donors (Lipinski definition) is 1. The maximum Gasteiger partial charge on any atom is 0.306 e. The lowest BCUT2D eigenvalue weighted by atomic mass is 10.0. The second-order valence-electron chi connectivity index (χ2n) is 6.38. The molecule has 0 fully saturated rings. The fourth-order valence-corrected chi connectivity index (χ4v) is 2.48. The summed E-state index contributed by atoms with van der Waals surface area (Å²) in [5.74, 6) is -1.27. The Balaban J connectivity index is 1.94. The highest BCUT2D eigenvalue weighted by molar-refractivity contribution is 5.96. The van der Waals surface area contributed by atoms with Crippen LogP contribution in [0.2, 0.25) is 0 Å². The molecule has 1 N–H and O–H groups in total. The third-order valence-electron chi connectivity index (χ3n) is 4.06. The number of rotatable bonds is 5. The third kappa shape index (κ3) is 3.52. The standard InChI is InChI=1S/C18H15FN4O5/c1-18(2,17(25)20-11-5-6-12(19)14(10-11)23(26)27)22-16(24)8-7-13(21-22)15-4-3-9-28-15/h3-10H,1-2H3,(H,20,25). The predicted octanol–water partition coefficient (Wildman–Crippen LogP) is 2.92. The highest BCUT2D eigenvalue weighted by Gasteiger charge is 2.33. The Hall–Kier alpha value is -3.82. The summed E-state index contributed by atoms with van der Waals surface area (Å²) in [6.45, 7) is 2.92. The van der Waals surface area contributed by atoms with Gasteiger partial charge < -0.3 is 9.73 Å². The largest absolute Gasteiger partial charge is 0.463 e. The van der Waals surface area contributed by atoms with Crippen LogP contribution in [0.5, 0.6) is 0 Å². The summed E-state index contributed by atoms with van der Waals surface area (Å²) in [5.41, 5.74) is -2.39. The smallest absolute Gasteiger partial charge is 0.306 e. The quantitative estimate of drug-likeness (QED) is 0.532. The van der Waals surface area contributed by atoms with Gasteiger partial charge in [-0.15, -0.1) is 0 Å². The molecule has 9 nitrogen and oxygen atoms in total. The highest BCUT2D eigenvalue weighted by Crippen LogP contribution is 2.24. The number of halogens is 1. The van der Waals surface area contributed by atoms with Gasteiger partial charge in [0.15, 0.2) is 5.76 Å². The van der Waals surface area contributed by atoms with Gasteiger partial charge in [-0.25, -0.2) is 4.68 Å². The summed E-state index contributed by atoms with van der Waals surface area (Å²) in [6.07, 6.45) is 1.45. The molecule has 0 saturated heterocycles. The fraction of sp³-hybridized carbons (Fsp3) is 0.167. The Bertz CT molecular complexity index is 1110. The fourth-order valence-electron chi connectivity index (χ4n) is 2.48. The summed E-state index contributed by atoms with van der Waals surface area (Å²) >= 11 is 0. The molecule has 0 unspecified atom stereocenters. The summed E-state index contributed by atoms with van der Waals surface area (Å²) in [4.78, 5) is 35.0. The van der Waals surface area contributed by atoms with Gasteiger partial charge in [-0.1, -0.05) is 0 Å². The number of carbonyl (C=O) groups excluding carboxylic acids is 1. The molecule has 0 saturated carbocycles. The number of nitrogens with one attached hydrogen (secondary N) is 1. The number of amides is 1. The van der Waals surface area contributed by atoms with Gasteiger partial charge in [0.1, 0.15) is 11.2 Å². The molecule has 10 heteroatoms. The first-order valence-electron chi connectivity index (χ1n) is 8.10. The van der Waals surface area contributed by atoms with Crippen LogP contribution < -0.4 is 10.9 Å². The van der Waals surface area contributed by atoms with E-state index in [1.807, 2.05) is 0 Å². The Morgan fingerprint density at radius 2 is 2.04 bits per heavy atom. The molecule has 0 radical (unpaired) electrons. The van der Waals surface area contributed by atoms with E-state index in [1.54, 1.807) is 12.1 Å². The molecule has 3 rings (SSSR count). The SMILES string of the molecule is CC(C)(C(=O)Nc1ccc(F)c([N+](=O)[O-])c1)n1nc(-c2ccco2)ccc1=O. The Morgan fingerprint density at radius 3 is 2.68 bits per heavy atom. The van der Waals surface area contributed by atoms with Crippen molar-refractivity contribution in [3.8, 4) is 11.5 Å². The third-order valence-corrected chi connectivity index (χ3v) is 4.06. The highest BCUT2D eigenvalue weighted by atomic mass is 19.1. The maximum absolute atomic E-state index is 13.5. The molecule has 28 heavy (non-hydrogen) atoms. The van der Waals surface area contributed by atoms with Crippen molar-refractivity contribution in [2.45, 2.75) is 19.4 Å². The van der Waals surface area contributed by atoms with E-state index in [-0.39, 0.29) is 5.69 Å². The zero-order chi connectivity index (χ0) is 20.5. The van der Waals surface area contributed by atoms with Crippen molar-refractivity contribution < 1.29 is 18.5 Å². The number of furan rings is 1.